The number of alkyl halides is 2. The van der Waals surface area contributed by atoms with Crippen molar-refractivity contribution in [2.75, 3.05) is 33.2 Å². The molecule has 1 aliphatic heterocycles. The normalized spacial score (nSPS) is 16.4. The van der Waals surface area contributed by atoms with Crippen molar-refractivity contribution in [2.45, 2.75) is 31.7 Å². The molecule has 2 heterocycles. The molecule has 7 nitrogen and oxygen atoms in total. The molecule has 0 saturated carbocycles. The minimum absolute atomic E-state index is 0.151. The third-order valence-electron chi connectivity index (χ3n) is 4.75. The molecule has 158 valence electrons. The zero-order valence-electron chi connectivity index (χ0n) is 16.2. The number of likely N-dealkylation sites (tertiary alicyclic amines) is 1. The number of halogens is 3. The Hall–Kier alpha value is -2.26. The third kappa shape index (κ3) is 6.64. The highest BCUT2D eigenvalue weighted by Gasteiger charge is 2.22. The number of aromatic nitrogens is 2. The molecule has 0 unspecified atom stereocenters. The summed E-state index contributed by atoms with van der Waals surface area (Å²) in [5.41, 5.74) is 0.841. The summed E-state index contributed by atoms with van der Waals surface area (Å²) < 4.78 is 30.2. The number of hydrogen-bond acceptors (Lipinski definition) is 5. The van der Waals surface area contributed by atoms with Crippen molar-refractivity contribution in [3.63, 3.8) is 0 Å². The molecule has 0 spiro atoms. The molecule has 2 aromatic rings. The summed E-state index contributed by atoms with van der Waals surface area (Å²) in [5.74, 6) is 1.72. The zero-order valence-corrected chi connectivity index (χ0v) is 17.0. The smallest absolute Gasteiger partial charge is 0.251 e. The highest BCUT2D eigenvalue weighted by molar-refractivity contribution is 6.30. The van der Waals surface area contributed by atoms with E-state index in [0.717, 1.165) is 18.4 Å². The average Bonchev–Trinajstić information content (AvgIpc) is 3.17. The first-order valence-electron chi connectivity index (χ1n) is 9.59. The molecule has 1 saturated heterocycles. The average molecular weight is 427 g/mol. The van der Waals surface area contributed by atoms with E-state index in [1.165, 1.54) is 0 Å². The minimum atomic E-state index is -2.28. The number of piperidine rings is 1. The van der Waals surface area contributed by atoms with Gasteiger partial charge < -0.3 is 15.2 Å². The van der Waals surface area contributed by atoms with E-state index in [1.54, 1.807) is 24.1 Å². The second-order valence-electron chi connectivity index (χ2n) is 6.88. The van der Waals surface area contributed by atoms with Crippen LogP contribution in [-0.2, 0) is 6.42 Å². The Labute approximate surface area is 173 Å². The molecule has 0 aliphatic carbocycles. The van der Waals surface area contributed by atoms with E-state index in [-0.39, 0.29) is 12.6 Å². The van der Waals surface area contributed by atoms with Gasteiger partial charge in [0.05, 0.1) is 6.54 Å². The molecule has 2 N–H and O–H groups in total. The summed E-state index contributed by atoms with van der Waals surface area (Å²) in [4.78, 5) is 10.4. The first kappa shape index (κ1) is 21.4. The summed E-state index contributed by atoms with van der Waals surface area (Å²) in [6, 6.07) is 7.46. The Morgan fingerprint density at radius 1 is 1.31 bits per heavy atom. The Balaban J connectivity index is 1.41. The van der Waals surface area contributed by atoms with E-state index in [1.807, 2.05) is 12.1 Å². The highest BCUT2D eigenvalue weighted by Crippen LogP contribution is 2.18. The Kier molecular flexibility index (Phi) is 7.76. The number of guanidine groups is 1. The fourth-order valence-electron chi connectivity index (χ4n) is 3.20. The van der Waals surface area contributed by atoms with Gasteiger partial charge in [-0.3, -0.25) is 9.89 Å². The zero-order chi connectivity index (χ0) is 20.6. The molecular formula is C19H25ClF2N6O. The van der Waals surface area contributed by atoms with Gasteiger partial charge in [-0.05, 0) is 37.1 Å². The van der Waals surface area contributed by atoms with Crippen molar-refractivity contribution in [2.24, 2.45) is 4.99 Å². The maximum atomic E-state index is 12.5. The van der Waals surface area contributed by atoms with E-state index in [9.17, 15) is 8.78 Å². The van der Waals surface area contributed by atoms with Crippen LogP contribution in [0.15, 0.2) is 33.8 Å². The number of nitrogens with zero attached hydrogens (tertiary/aromatic N) is 4. The van der Waals surface area contributed by atoms with E-state index in [0.29, 0.717) is 48.8 Å². The van der Waals surface area contributed by atoms with Gasteiger partial charge in [0, 0.05) is 49.7 Å². The van der Waals surface area contributed by atoms with Gasteiger partial charge in [-0.15, -0.1) is 0 Å². The van der Waals surface area contributed by atoms with E-state index in [2.05, 4.69) is 25.8 Å². The number of benzene rings is 1. The lowest BCUT2D eigenvalue weighted by Gasteiger charge is -2.32. The fourth-order valence-corrected chi connectivity index (χ4v) is 3.33. The van der Waals surface area contributed by atoms with Gasteiger partial charge in [-0.1, -0.05) is 16.8 Å². The summed E-state index contributed by atoms with van der Waals surface area (Å²) in [6.45, 7) is 1.75. The lowest BCUT2D eigenvalue weighted by molar-refractivity contribution is 0.0744. The molecule has 10 heteroatoms. The molecule has 0 atom stereocenters. The standard InChI is InChI=1S/C19H25ClF2N6O/c1-23-19(25-15-7-10-28(11-8-15)12-16(21)22)24-9-6-17-26-18(27-29-17)13-2-4-14(20)5-3-13/h2-5,15-16H,6-12H2,1H3,(H2,23,24,25). The van der Waals surface area contributed by atoms with Crippen LogP contribution in [0.4, 0.5) is 8.78 Å². The van der Waals surface area contributed by atoms with Gasteiger partial charge in [0.2, 0.25) is 11.7 Å². The van der Waals surface area contributed by atoms with Gasteiger partial charge in [-0.2, -0.15) is 4.98 Å². The Bertz CT molecular complexity index is 790. The predicted octanol–water partition coefficient (Wildman–Crippen LogP) is 2.83. The molecule has 1 aromatic heterocycles. The molecule has 29 heavy (non-hydrogen) atoms. The van der Waals surface area contributed by atoms with Gasteiger partial charge in [0.15, 0.2) is 5.96 Å². The van der Waals surface area contributed by atoms with Crippen molar-refractivity contribution in [1.82, 2.24) is 25.7 Å². The van der Waals surface area contributed by atoms with Crippen molar-refractivity contribution in [3.8, 4) is 11.4 Å². The van der Waals surface area contributed by atoms with Crippen LogP contribution in [0.5, 0.6) is 0 Å². The molecule has 0 radical (unpaired) electrons. The minimum Gasteiger partial charge on any atom is -0.356 e. The fraction of sp³-hybridized carbons (Fsp3) is 0.526. The third-order valence-corrected chi connectivity index (χ3v) is 5.00. The predicted molar refractivity (Wildman–Crippen MR) is 108 cm³/mol. The maximum Gasteiger partial charge on any atom is 0.251 e. The van der Waals surface area contributed by atoms with Gasteiger partial charge in [0.25, 0.3) is 6.43 Å². The largest absolute Gasteiger partial charge is 0.356 e. The second kappa shape index (κ2) is 10.5. The molecule has 3 rings (SSSR count). The molecular weight excluding hydrogens is 402 g/mol. The van der Waals surface area contributed by atoms with Crippen molar-refractivity contribution >= 4 is 17.6 Å². The Morgan fingerprint density at radius 3 is 2.69 bits per heavy atom. The lowest BCUT2D eigenvalue weighted by Crippen LogP contribution is -2.49. The van der Waals surface area contributed by atoms with Crippen LogP contribution >= 0.6 is 11.6 Å². The van der Waals surface area contributed by atoms with Gasteiger partial charge in [-0.25, -0.2) is 8.78 Å². The molecule has 0 amide bonds. The summed E-state index contributed by atoms with van der Waals surface area (Å²) in [6.07, 6.45) is -0.115. The van der Waals surface area contributed by atoms with Crippen molar-refractivity contribution in [3.05, 3.63) is 35.2 Å². The maximum absolute atomic E-state index is 12.5. The van der Waals surface area contributed by atoms with Crippen LogP contribution < -0.4 is 10.6 Å². The number of aliphatic imine (C=N–C) groups is 1. The van der Waals surface area contributed by atoms with E-state index in [4.69, 9.17) is 16.1 Å². The first-order valence-corrected chi connectivity index (χ1v) is 9.97. The van der Waals surface area contributed by atoms with Gasteiger partial charge in [0.1, 0.15) is 0 Å². The quantitative estimate of drug-likeness (QED) is 0.523. The number of nitrogens with one attached hydrogen (secondary N) is 2. The molecule has 0 bridgehead atoms. The SMILES string of the molecule is CN=C(NCCc1nc(-c2ccc(Cl)cc2)no1)NC1CCN(CC(F)F)CC1. The lowest BCUT2D eigenvalue weighted by atomic mass is 10.1. The molecule has 1 aromatic carbocycles. The number of rotatable bonds is 7. The summed E-state index contributed by atoms with van der Waals surface area (Å²) in [7, 11) is 1.70. The van der Waals surface area contributed by atoms with E-state index >= 15 is 0 Å². The molecule has 1 aliphatic rings. The van der Waals surface area contributed by atoms with Crippen LogP contribution in [0.25, 0.3) is 11.4 Å². The Morgan fingerprint density at radius 2 is 2.03 bits per heavy atom. The van der Waals surface area contributed by atoms with E-state index < -0.39 is 6.43 Å². The van der Waals surface area contributed by atoms with Gasteiger partial charge >= 0.3 is 0 Å². The first-order chi connectivity index (χ1) is 14.0. The van der Waals surface area contributed by atoms with Crippen LogP contribution in [0.2, 0.25) is 5.02 Å². The van der Waals surface area contributed by atoms with Crippen LogP contribution in [0.3, 0.4) is 0 Å². The summed E-state index contributed by atoms with van der Waals surface area (Å²) >= 11 is 5.89. The monoisotopic (exact) mass is 426 g/mol. The topological polar surface area (TPSA) is 78.6 Å². The highest BCUT2D eigenvalue weighted by atomic mass is 35.5. The van der Waals surface area contributed by atoms with Crippen molar-refractivity contribution < 1.29 is 13.3 Å². The van der Waals surface area contributed by atoms with Crippen LogP contribution in [0, 0.1) is 0 Å². The second-order valence-corrected chi connectivity index (χ2v) is 7.31. The van der Waals surface area contributed by atoms with Crippen molar-refractivity contribution in [1.29, 1.82) is 0 Å². The number of hydrogen-bond donors (Lipinski definition) is 2. The van der Waals surface area contributed by atoms with Crippen LogP contribution in [0.1, 0.15) is 18.7 Å². The van der Waals surface area contributed by atoms with Crippen LogP contribution in [-0.4, -0.2) is 66.7 Å². The molecule has 1 fully saturated rings. The summed E-state index contributed by atoms with van der Waals surface area (Å²) in [5, 5.41) is 11.2.